The fourth-order valence-electron chi connectivity index (χ4n) is 2.08. The summed E-state index contributed by atoms with van der Waals surface area (Å²) in [5.41, 5.74) is 2.77. The van der Waals surface area contributed by atoms with E-state index in [0.29, 0.717) is 12.8 Å². The molecule has 1 aromatic carbocycles. The van der Waals surface area contributed by atoms with Crippen LogP contribution in [0.25, 0.3) is 0 Å². The zero-order valence-corrected chi connectivity index (χ0v) is 11.3. The summed E-state index contributed by atoms with van der Waals surface area (Å²) in [6, 6.07) is 5.27. The van der Waals surface area contributed by atoms with Crippen LogP contribution in [0.15, 0.2) is 18.2 Å². The van der Waals surface area contributed by atoms with Crippen molar-refractivity contribution in [2.24, 2.45) is 0 Å². The number of nitrogens with one attached hydrogen (secondary N) is 3. The van der Waals surface area contributed by atoms with Gasteiger partial charge in [0.2, 0.25) is 11.8 Å². The number of anilines is 2. The average Bonchev–Trinajstić information content (AvgIpc) is 2.44. The van der Waals surface area contributed by atoms with Crippen LogP contribution >= 0.6 is 0 Å². The van der Waals surface area contributed by atoms with Gasteiger partial charge in [0, 0.05) is 17.8 Å². The van der Waals surface area contributed by atoms with Gasteiger partial charge in [0.15, 0.2) is 0 Å². The second kappa shape index (κ2) is 6.11. The largest absolute Gasteiger partial charge is 0.374 e. The van der Waals surface area contributed by atoms with Gasteiger partial charge in [0.1, 0.15) is 6.04 Å². The maximum atomic E-state index is 11.7. The standard InChI is InChI=1S/C15H17N3O2/c1-3-8-16-15(20)10(2)17-12-5-6-13-11(9-12)4-7-14(19)18-13/h1,5-6,9-10,17H,4,7-8H2,2H3,(H,16,20)(H,18,19). The first-order valence-electron chi connectivity index (χ1n) is 6.50. The van der Waals surface area contributed by atoms with Crippen LogP contribution in [0.2, 0.25) is 0 Å². The highest BCUT2D eigenvalue weighted by Crippen LogP contribution is 2.25. The molecule has 1 unspecified atom stereocenters. The van der Waals surface area contributed by atoms with E-state index in [0.717, 1.165) is 16.9 Å². The predicted octanol–water partition coefficient (Wildman–Crippen LogP) is 1.12. The van der Waals surface area contributed by atoms with Crippen molar-refractivity contribution in [1.29, 1.82) is 0 Å². The number of rotatable bonds is 4. The quantitative estimate of drug-likeness (QED) is 0.719. The Hall–Kier alpha value is -2.48. The molecule has 20 heavy (non-hydrogen) atoms. The van der Waals surface area contributed by atoms with Crippen LogP contribution in [0.3, 0.4) is 0 Å². The Bertz CT molecular complexity index is 575. The first-order chi connectivity index (χ1) is 9.60. The van der Waals surface area contributed by atoms with E-state index >= 15 is 0 Å². The highest BCUT2D eigenvalue weighted by molar-refractivity contribution is 5.94. The minimum Gasteiger partial charge on any atom is -0.374 e. The number of amides is 2. The van der Waals surface area contributed by atoms with Crippen LogP contribution in [-0.4, -0.2) is 24.4 Å². The molecule has 1 aliphatic heterocycles. The SMILES string of the molecule is C#CCNC(=O)C(C)Nc1ccc2c(c1)CCC(=O)N2. The van der Waals surface area contributed by atoms with E-state index in [2.05, 4.69) is 21.9 Å². The Labute approximate surface area is 118 Å². The topological polar surface area (TPSA) is 70.2 Å². The molecule has 2 amide bonds. The molecule has 1 atom stereocenters. The fourth-order valence-corrected chi connectivity index (χ4v) is 2.08. The van der Waals surface area contributed by atoms with Gasteiger partial charge in [-0.2, -0.15) is 0 Å². The Balaban J connectivity index is 2.02. The average molecular weight is 271 g/mol. The molecule has 0 fully saturated rings. The molecule has 1 aliphatic rings. The lowest BCUT2D eigenvalue weighted by atomic mass is 10.0. The molecule has 5 heteroatoms. The first-order valence-corrected chi connectivity index (χ1v) is 6.50. The maximum Gasteiger partial charge on any atom is 0.242 e. The second-order valence-corrected chi connectivity index (χ2v) is 4.71. The molecule has 2 rings (SSSR count). The monoisotopic (exact) mass is 271 g/mol. The van der Waals surface area contributed by atoms with Gasteiger partial charge in [-0.3, -0.25) is 9.59 Å². The van der Waals surface area contributed by atoms with Gasteiger partial charge in [-0.25, -0.2) is 0 Å². The Kier molecular flexibility index (Phi) is 4.26. The van der Waals surface area contributed by atoms with Crippen molar-refractivity contribution in [2.75, 3.05) is 17.2 Å². The Morgan fingerprint density at radius 1 is 1.50 bits per heavy atom. The summed E-state index contributed by atoms with van der Waals surface area (Å²) in [5.74, 6) is 2.26. The third-order valence-electron chi connectivity index (χ3n) is 3.14. The Morgan fingerprint density at radius 2 is 2.30 bits per heavy atom. The molecule has 104 valence electrons. The molecule has 1 heterocycles. The van der Waals surface area contributed by atoms with Crippen molar-refractivity contribution in [3.63, 3.8) is 0 Å². The molecular weight excluding hydrogens is 254 g/mol. The minimum atomic E-state index is -0.375. The maximum absolute atomic E-state index is 11.7. The molecule has 0 bridgehead atoms. The second-order valence-electron chi connectivity index (χ2n) is 4.71. The van der Waals surface area contributed by atoms with Gasteiger partial charge < -0.3 is 16.0 Å². The molecule has 0 aliphatic carbocycles. The summed E-state index contributed by atoms with van der Waals surface area (Å²) in [6.45, 7) is 1.99. The molecular formula is C15H17N3O2. The van der Waals surface area contributed by atoms with Gasteiger partial charge in [-0.05, 0) is 37.1 Å². The zero-order chi connectivity index (χ0) is 14.5. The first kappa shape index (κ1) is 13.9. The van der Waals surface area contributed by atoms with Crippen molar-refractivity contribution < 1.29 is 9.59 Å². The summed E-state index contributed by atoms with van der Waals surface area (Å²) < 4.78 is 0. The van der Waals surface area contributed by atoms with E-state index in [1.165, 1.54) is 0 Å². The van der Waals surface area contributed by atoms with E-state index in [-0.39, 0.29) is 24.4 Å². The molecule has 0 saturated heterocycles. The summed E-state index contributed by atoms with van der Waals surface area (Å²) in [7, 11) is 0. The summed E-state index contributed by atoms with van der Waals surface area (Å²) in [4.78, 5) is 23.0. The predicted molar refractivity (Wildman–Crippen MR) is 78.3 cm³/mol. The van der Waals surface area contributed by atoms with Crippen LogP contribution < -0.4 is 16.0 Å². The van der Waals surface area contributed by atoms with E-state index in [9.17, 15) is 9.59 Å². The highest BCUT2D eigenvalue weighted by atomic mass is 16.2. The lowest BCUT2D eigenvalue weighted by molar-refractivity contribution is -0.121. The van der Waals surface area contributed by atoms with Crippen molar-refractivity contribution in [3.05, 3.63) is 23.8 Å². The summed E-state index contributed by atoms with van der Waals surface area (Å²) in [6.07, 6.45) is 6.31. The summed E-state index contributed by atoms with van der Waals surface area (Å²) in [5, 5.41) is 8.57. The van der Waals surface area contributed by atoms with Crippen LogP contribution in [0, 0.1) is 12.3 Å². The van der Waals surface area contributed by atoms with E-state index in [1.807, 2.05) is 18.2 Å². The van der Waals surface area contributed by atoms with Crippen molar-refractivity contribution in [1.82, 2.24) is 5.32 Å². The number of benzene rings is 1. The number of carbonyl (C=O) groups is 2. The molecule has 0 saturated carbocycles. The number of hydrogen-bond donors (Lipinski definition) is 3. The van der Waals surface area contributed by atoms with Crippen LogP contribution in [-0.2, 0) is 16.0 Å². The van der Waals surface area contributed by atoms with E-state index in [1.54, 1.807) is 6.92 Å². The van der Waals surface area contributed by atoms with Gasteiger partial charge in [-0.15, -0.1) is 6.42 Å². The molecule has 0 radical (unpaired) electrons. The third kappa shape index (κ3) is 3.29. The smallest absolute Gasteiger partial charge is 0.242 e. The molecule has 3 N–H and O–H groups in total. The molecule has 0 aromatic heterocycles. The van der Waals surface area contributed by atoms with Crippen LogP contribution in [0.5, 0.6) is 0 Å². The van der Waals surface area contributed by atoms with Crippen molar-refractivity contribution in [3.8, 4) is 12.3 Å². The normalized spacial score (nSPS) is 14.5. The van der Waals surface area contributed by atoms with Crippen LogP contribution in [0.1, 0.15) is 18.9 Å². The molecule has 0 spiro atoms. The van der Waals surface area contributed by atoms with Crippen LogP contribution in [0.4, 0.5) is 11.4 Å². The number of terminal acetylenes is 1. The summed E-state index contributed by atoms with van der Waals surface area (Å²) >= 11 is 0. The Morgan fingerprint density at radius 3 is 3.05 bits per heavy atom. The van der Waals surface area contributed by atoms with Gasteiger partial charge in [0.05, 0.1) is 6.54 Å². The molecule has 5 nitrogen and oxygen atoms in total. The number of carbonyl (C=O) groups excluding carboxylic acids is 2. The van der Waals surface area contributed by atoms with E-state index < -0.39 is 0 Å². The lowest BCUT2D eigenvalue weighted by Gasteiger charge is -2.19. The number of hydrogen-bond acceptors (Lipinski definition) is 3. The lowest BCUT2D eigenvalue weighted by Crippen LogP contribution is -2.37. The van der Waals surface area contributed by atoms with Gasteiger partial charge in [0.25, 0.3) is 0 Å². The highest BCUT2D eigenvalue weighted by Gasteiger charge is 2.16. The number of aryl methyl sites for hydroxylation is 1. The number of fused-ring (bicyclic) bond motifs is 1. The van der Waals surface area contributed by atoms with Gasteiger partial charge in [-0.1, -0.05) is 5.92 Å². The van der Waals surface area contributed by atoms with E-state index in [4.69, 9.17) is 6.42 Å². The fraction of sp³-hybridized carbons (Fsp3) is 0.333. The van der Waals surface area contributed by atoms with Crippen molar-refractivity contribution >= 4 is 23.2 Å². The van der Waals surface area contributed by atoms with Gasteiger partial charge >= 0.3 is 0 Å². The third-order valence-corrected chi connectivity index (χ3v) is 3.14. The van der Waals surface area contributed by atoms with Crippen molar-refractivity contribution in [2.45, 2.75) is 25.8 Å². The zero-order valence-electron chi connectivity index (χ0n) is 11.3. The molecule has 1 aromatic rings. The minimum absolute atomic E-state index is 0.0419.